The van der Waals surface area contributed by atoms with Gasteiger partial charge in [-0.2, -0.15) is 5.26 Å². The predicted octanol–water partition coefficient (Wildman–Crippen LogP) is 4.39. The molecule has 2 heterocycles. The highest BCUT2D eigenvalue weighted by molar-refractivity contribution is 5.90. The molecule has 0 amide bonds. The van der Waals surface area contributed by atoms with Gasteiger partial charge in [0.2, 0.25) is 0 Å². The number of hydrogen-bond donors (Lipinski definition) is 0. The molecule has 0 bridgehead atoms. The average Bonchev–Trinajstić information content (AvgIpc) is 3.03. The molecule has 24 heavy (non-hydrogen) atoms. The molecule has 1 aromatic carbocycles. The summed E-state index contributed by atoms with van der Waals surface area (Å²) in [6.07, 6.45) is 4.29. The topological polar surface area (TPSA) is 55.0 Å². The Morgan fingerprint density at radius 1 is 1.29 bits per heavy atom. The monoisotopic (exact) mass is 324 g/mol. The van der Waals surface area contributed by atoms with E-state index < -0.39 is 5.54 Å². The summed E-state index contributed by atoms with van der Waals surface area (Å²) in [6, 6.07) is 10.8. The molecule has 2 aromatic rings. The Morgan fingerprint density at radius 3 is 2.58 bits per heavy atom. The summed E-state index contributed by atoms with van der Waals surface area (Å²) in [5, 5.41) is 10.8. The predicted molar refractivity (Wildman–Crippen MR) is 94.3 cm³/mol. The van der Waals surface area contributed by atoms with Gasteiger partial charge in [-0.1, -0.05) is 19.9 Å². The van der Waals surface area contributed by atoms with Crippen LogP contribution >= 0.6 is 0 Å². The molecule has 0 unspecified atom stereocenters. The van der Waals surface area contributed by atoms with E-state index in [1.54, 1.807) is 0 Å². The van der Waals surface area contributed by atoms with Gasteiger partial charge in [0.25, 0.3) is 0 Å². The second-order valence-electron chi connectivity index (χ2n) is 6.58. The largest absolute Gasteiger partial charge is 0.381 e. The third kappa shape index (κ3) is 2.63. The van der Waals surface area contributed by atoms with Gasteiger partial charge >= 0.3 is 0 Å². The van der Waals surface area contributed by atoms with Crippen molar-refractivity contribution in [2.24, 2.45) is 0 Å². The standard InChI is InChI=1S/C20H24N2O2/c1-3-20(4-2,14-21)22-18(13-23)12-17-11-16(5-6-19(17)22)15-7-9-24-10-8-15/h5-6,11-13,15H,3-4,7-10H2,1-2H3. The zero-order valence-electron chi connectivity index (χ0n) is 14.4. The molecule has 1 aliphatic rings. The van der Waals surface area contributed by atoms with Crippen LogP contribution in [0.3, 0.4) is 0 Å². The minimum absolute atomic E-state index is 0.518. The molecule has 3 rings (SSSR count). The number of carbonyl (C=O) groups is 1. The first-order chi connectivity index (χ1) is 11.7. The fourth-order valence-electron chi connectivity index (χ4n) is 3.88. The van der Waals surface area contributed by atoms with E-state index in [2.05, 4.69) is 24.3 Å². The molecule has 1 aliphatic heterocycles. The summed E-state index contributed by atoms with van der Waals surface area (Å²) in [5.74, 6) is 0.518. The van der Waals surface area contributed by atoms with Gasteiger partial charge in [0.15, 0.2) is 6.29 Å². The molecule has 4 nitrogen and oxygen atoms in total. The Bertz CT molecular complexity index is 775. The number of fused-ring (bicyclic) bond motifs is 1. The minimum atomic E-state index is -0.668. The Balaban J connectivity index is 2.13. The highest BCUT2D eigenvalue weighted by Crippen LogP contribution is 2.35. The molecule has 0 spiro atoms. The third-order valence-corrected chi connectivity index (χ3v) is 5.47. The number of aromatic nitrogens is 1. The Labute approximate surface area is 143 Å². The van der Waals surface area contributed by atoms with Crippen LogP contribution in [-0.4, -0.2) is 24.1 Å². The summed E-state index contributed by atoms with van der Waals surface area (Å²) in [7, 11) is 0. The van der Waals surface area contributed by atoms with E-state index in [1.807, 2.05) is 24.5 Å². The van der Waals surface area contributed by atoms with E-state index in [-0.39, 0.29) is 0 Å². The van der Waals surface area contributed by atoms with E-state index in [1.165, 1.54) is 5.56 Å². The fourth-order valence-corrected chi connectivity index (χ4v) is 3.88. The maximum absolute atomic E-state index is 11.6. The van der Waals surface area contributed by atoms with Gasteiger partial charge in [-0.3, -0.25) is 4.79 Å². The van der Waals surface area contributed by atoms with Crippen LogP contribution < -0.4 is 0 Å². The Hall–Kier alpha value is -2.12. The van der Waals surface area contributed by atoms with Crippen LogP contribution in [-0.2, 0) is 10.3 Å². The van der Waals surface area contributed by atoms with E-state index in [0.717, 1.165) is 43.2 Å². The number of aldehydes is 1. The van der Waals surface area contributed by atoms with E-state index >= 15 is 0 Å². The van der Waals surface area contributed by atoms with Crippen LogP contribution in [0.1, 0.15) is 61.5 Å². The van der Waals surface area contributed by atoms with E-state index in [0.29, 0.717) is 24.5 Å². The van der Waals surface area contributed by atoms with Crippen molar-refractivity contribution in [1.29, 1.82) is 5.26 Å². The molecule has 1 aromatic heterocycles. The van der Waals surface area contributed by atoms with E-state index in [4.69, 9.17) is 4.74 Å². The first kappa shape index (κ1) is 16.7. The maximum Gasteiger partial charge on any atom is 0.166 e. The van der Waals surface area contributed by atoms with Crippen molar-refractivity contribution in [3.05, 3.63) is 35.5 Å². The lowest BCUT2D eigenvalue weighted by Crippen LogP contribution is -2.31. The van der Waals surface area contributed by atoms with Crippen LogP contribution in [0.4, 0.5) is 0 Å². The number of nitriles is 1. The highest BCUT2D eigenvalue weighted by Gasteiger charge is 2.31. The number of benzene rings is 1. The first-order valence-corrected chi connectivity index (χ1v) is 8.79. The van der Waals surface area contributed by atoms with Gasteiger partial charge in [-0.15, -0.1) is 0 Å². The van der Waals surface area contributed by atoms with Crippen LogP contribution in [0, 0.1) is 11.3 Å². The molecule has 0 atom stereocenters. The quantitative estimate of drug-likeness (QED) is 0.767. The lowest BCUT2D eigenvalue weighted by Gasteiger charge is -2.28. The molecule has 4 heteroatoms. The summed E-state index contributed by atoms with van der Waals surface area (Å²) in [5.41, 5.74) is 2.19. The smallest absolute Gasteiger partial charge is 0.166 e. The molecule has 0 aliphatic carbocycles. The summed E-state index contributed by atoms with van der Waals surface area (Å²) in [6.45, 7) is 5.63. The van der Waals surface area contributed by atoms with Crippen molar-refractivity contribution in [2.45, 2.75) is 51.0 Å². The van der Waals surface area contributed by atoms with Gasteiger partial charge in [-0.25, -0.2) is 0 Å². The summed E-state index contributed by atoms with van der Waals surface area (Å²) in [4.78, 5) is 11.6. The summed E-state index contributed by atoms with van der Waals surface area (Å²) >= 11 is 0. The van der Waals surface area contributed by atoms with Gasteiger partial charge < -0.3 is 9.30 Å². The Kier molecular flexibility index (Phi) is 4.73. The van der Waals surface area contributed by atoms with Crippen LogP contribution in [0.25, 0.3) is 10.9 Å². The van der Waals surface area contributed by atoms with Gasteiger partial charge in [0, 0.05) is 18.6 Å². The van der Waals surface area contributed by atoms with Crippen molar-refractivity contribution >= 4 is 17.2 Å². The third-order valence-electron chi connectivity index (χ3n) is 5.47. The summed E-state index contributed by atoms with van der Waals surface area (Å²) < 4.78 is 7.38. The fraction of sp³-hybridized carbons (Fsp3) is 0.500. The van der Waals surface area contributed by atoms with Crippen molar-refractivity contribution in [3.63, 3.8) is 0 Å². The zero-order chi connectivity index (χ0) is 17.2. The maximum atomic E-state index is 11.6. The lowest BCUT2D eigenvalue weighted by atomic mass is 9.90. The van der Waals surface area contributed by atoms with Gasteiger partial charge in [0.05, 0.1) is 17.3 Å². The molecular formula is C20H24N2O2. The number of carbonyl (C=O) groups excluding carboxylic acids is 1. The molecular weight excluding hydrogens is 300 g/mol. The normalized spacial score (nSPS) is 16.2. The molecule has 1 saturated heterocycles. The van der Waals surface area contributed by atoms with E-state index in [9.17, 15) is 10.1 Å². The second-order valence-corrected chi connectivity index (χ2v) is 6.58. The number of ether oxygens (including phenoxy) is 1. The van der Waals surface area contributed by atoms with Gasteiger partial charge in [-0.05, 0) is 55.4 Å². The Morgan fingerprint density at radius 2 is 2.00 bits per heavy atom. The second kappa shape index (κ2) is 6.78. The molecule has 0 radical (unpaired) electrons. The van der Waals surface area contributed by atoms with Gasteiger partial charge in [0.1, 0.15) is 5.54 Å². The number of nitrogens with zero attached hydrogens (tertiary/aromatic N) is 2. The first-order valence-electron chi connectivity index (χ1n) is 8.79. The van der Waals surface area contributed by atoms with Crippen LogP contribution in [0.15, 0.2) is 24.3 Å². The van der Waals surface area contributed by atoms with Crippen LogP contribution in [0.2, 0.25) is 0 Å². The van der Waals surface area contributed by atoms with Crippen molar-refractivity contribution < 1.29 is 9.53 Å². The number of rotatable bonds is 5. The van der Waals surface area contributed by atoms with Crippen molar-refractivity contribution in [1.82, 2.24) is 4.57 Å². The molecule has 126 valence electrons. The lowest BCUT2D eigenvalue weighted by molar-refractivity contribution is 0.0853. The zero-order valence-corrected chi connectivity index (χ0v) is 14.4. The molecule has 1 fully saturated rings. The SMILES string of the molecule is CCC(C#N)(CC)n1c(C=O)cc2cc(C3CCOCC3)ccc21. The molecule has 0 saturated carbocycles. The highest BCUT2D eigenvalue weighted by atomic mass is 16.5. The average molecular weight is 324 g/mol. The minimum Gasteiger partial charge on any atom is -0.381 e. The number of hydrogen-bond acceptors (Lipinski definition) is 3. The van der Waals surface area contributed by atoms with Crippen molar-refractivity contribution in [3.8, 4) is 6.07 Å². The van der Waals surface area contributed by atoms with Crippen LogP contribution in [0.5, 0.6) is 0 Å². The van der Waals surface area contributed by atoms with Crippen molar-refractivity contribution in [2.75, 3.05) is 13.2 Å². The molecule has 0 N–H and O–H groups in total.